The molecule has 1 heterocycles. The lowest BCUT2D eigenvalue weighted by atomic mass is 9.43. The molecule has 1 atom stereocenters. The summed E-state index contributed by atoms with van der Waals surface area (Å²) >= 11 is 0. The van der Waals surface area contributed by atoms with Crippen LogP contribution in [0, 0.1) is 45.8 Å². The SMILES string of the molecule is CC(C1(C#N)CCNCC1)C12CC3CC(CC(C3)C1)C2. The Kier molecular flexibility index (Phi) is 2.94. The maximum Gasteiger partial charge on any atom is 0.0693 e. The Labute approximate surface area is 123 Å². The van der Waals surface area contributed by atoms with E-state index in [9.17, 15) is 5.26 Å². The highest BCUT2D eigenvalue weighted by atomic mass is 14.9. The van der Waals surface area contributed by atoms with Crippen LogP contribution < -0.4 is 5.32 Å². The Morgan fingerprint density at radius 3 is 1.95 bits per heavy atom. The van der Waals surface area contributed by atoms with Crippen molar-refractivity contribution in [2.24, 2.45) is 34.5 Å². The van der Waals surface area contributed by atoms with Crippen LogP contribution in [0.15, 0.2) is 0 Å². The zero-order valence-electron chi connectivity index (χ0n) is 12.8. The summed E-state index contributed by atoms with van der Waals surface area (Å²) in [6.07, 6.45) is 11.0. The van der Waals surface area contributed by atoms with E-state index in [0.717, 1.165) is 43.7 Å². The molecule has 20 heavy (non-hydrogen) atoms. The smallest absolute Gasteiger partial charge is 0.0693 e. The van der Waals surface area contributed by atoms with Gasteiger partial charge in [-0.2, -0.15) is 5.26 Å². The van der Waals surface area contributed by atoms with Gasteiger partial charge in [-0.15, -0.1) is 0 Å². The summed E-state index contributed by atoms with van der Waals surface area (Å²) in [5, 5.41) is 13.4. The molecule has 1 saturated heterocycles. The molecule has 0 radical (unpaired) electrons. The van der Waals surface area contributed by atoms with Crippen LogP contribution in [0.25, 0.3) is 0 Å². The average molecular weight is 272 g/mol. The summed E-state index contributed by atoms with van der Waals surface area (Å²) < 4.78 is 0. The van der Waals surface area contributed by atoms with Crippen LogP contribution in [0.3, 0.4) is 0 Å². The van der Waals surface area contributed by atoms with Crippen LogP contribution in [-0.2, 0) is 0 Å². The van der Waals surface area contributed by atoms with Crippen LogP contribution in [0.4, 0.5) is 0 Å². The zero-order chi connectivity index (χ0) is 13.8. The van der Waals surface area contributed by atoms with Crippen molar-refractivity contribution in [1.29, 1.82) is 5.26 Å². The normalized spacial score (nSPS) is 46.9. The third-order valence-corrected chi connectivity index (χ3v) is 7.55. The van der Waals surface area contributed by atoms with Crippen LogP contribution in [0.2, 0.25) is 0 Å². The third-order valence-electron chi connectivity index (χ3n) is 7.55. The molecule has 4 bridgehead atoms. The van der Waals surface area contributed by atoms with Crippen molar-refractivity contribution >= 4 is 0 Å². The van der Waals surface area contributed by atoms with Crippen molar-refractivity contribution in [2.75, 3.05) is 13.1 Å². The fourth-order valence-corrected chi connectivity index (χ4v) is 6.81. The van der Waals surface area contributed by atoms with Crippen molar-refractivity contribution in [1.82, 2.24) is 5.32 Å². The molecule has 0 spiro atoms. The minimum absolute atomic E-state index is 0.0308. The van der Waals surface area contributed by atoms with Crippen LogP contribution in [0.5, 0.6) is 0 Å². The third kappa shape index (κ3) is 1.78. The first-order valence-electron chi connectivity index (χ1n) is 8.78. The number of hydrogen-bond donors (Lipinski definition) is 1. The summed E-state index contributed by atoms with van der Waals surface area (Å²) in [7, 11) is 0. The van der Waals surface area contributed by atoms with E-state index in [-0.39, 0.29) is 5.41 Å². The largest absolute Gasteiger partial charge is 0.317 e. The predicted octanol–water partition coefficient (Wildman–Crippen LogP) is 3.73. The predicted molar refractivity (Wildman–Crippen MR) is 79.9 cm³/mol. The topological polar surface area (TPSA) is 35.8 Å². The van der Waals surface area contributed by atoms with Gasteiger partial charge >= 0.3 is 0 Å². The standard InChI is InChI=1S/C18H28N2/c1-13(17(12-19)2-4-20-5-3-17)18-9-14-6-15(10-18)8-16(7-14)11-18/h13-16,20H,2-11H2,1H3. The molecule has 0 aromatic rings. The van der Waals surface area contributed by atoms with E-state index in [4.69, 9.17) is 0 Å². The number of hydrogen-bond acceptors (Lipinski definition) is 2. The van der Waals surface area contributed by atoms with Gasteiger partial charge in [0.15, 0.2) is 0 Å². The van der Waals surface area contributed by atoms with Gasteiger partial charge in [-0.1, -0.05) is 6.92 Å². The lowest BCUT2D eigenvalue weighted by Gasteiger charge is -2.61. The van der Waals surface area contributed by atoms with Gasteiger partial charge in [0.2, 0.25) is 0 Å². The second-order valence-corrected chi connectivity index (χ2v) is 8.52. The van der Waals surface area contributed by atoms with Crippen molar-refractivity contribution in [3.05, 3.63) is 0 Å². The van der Waals surface area contributed by atoms with E-state index < -0.39 is 0 Å². The minimum Gasteiger partial charge on any atom is -0.317 e. The fraction of sp³-hybridized carbons (Fsp3) is 0.944. The molecule has 1 unspecified atom stereocenters. The van der Waals surface area contributed by atoms with Gasteiger partial charge in [0, 0.05) is 0 Å². The second-order valence-electron chi connectivity index (χ2n) is 8.52. The van der Waals surface area contributed by atoms with Crippen LogP contribution in [-0.4, -0.2) is 13.1 Å². The molecule has 0 amide bonds. The Hall–Kier alpha value is -0.550. The summed E-state index contributed by atoms with van der Waals surface area (Å²) in [5.41, 5.74) is 0.499. The zero-order valence-corrected chi connectivity index (χ0v) is 12.8. The minimum atomic E-state index is -0.0308. The molecule has 0 aromatic heterocycles. The van der Waals surface area contributed by atoms with Crippen molar-refractivity contribution in [3.63, 3.8) is 0 Å². The number of piperidine rings is 1. The Morgan fingerprint density at radius 1 is 1.00 bits per heavy atom. The lowest BCUT2D eigenvalue weighted by molar-refractivity contribution is -0.111. The number of nitrogens with one attached hydrogen (secondary N) is 1. The fourth-order valence-electron chi connectivity index (χ4n) is 6.81. The molecular weight excluding hydrogens is 244 g/mol. The molecule has 1 N–H and O–H groups in total. The van der Waals surface area contributed by atoms with E-state index in [1.165, 1.54) is 38.5 Å². The van der Waals surface area contributed by atoms with Gasteiger partial charge in [0.25, 0.3) is 0 Å². The summed E-state index contributed by atoms with van der Waals surface area (Å²) in [6.45, 7) is 4.54. The van der Waals surface area contributed by atoms with E-state index >= 15 is 0 Å². The molecule has 5 aliphatic rings. The Balaban J connectivity index is 1.64. The van der Waals surface area contributed by atoms with E-state index in [2.05, 4.69) is 18.3 Å². The molecule has 110 valence electrons. The highest BCUT2D eigenvalue weighted by molar-refractivity contribution is 5.13. The van der Waals surface area contributed by atoms with Crippen LogP contribution in [0.1, 0.15) is 58.3 Å². The second kappa shape index (κ2) is 4.47. The van der Waals surface area contributed by atoms with Gasteiger partial charge in [-0.05, 0) is 93.5 Å². The van der Waals surface area contributed by atoms with E-state index in [0.29, 0.717) is 11.3 Å². The highest BCUT2D eigenvalue weighted by Gasteiger charge is 2.57. The van der Waals surface area contributed by atoms with E-state index in [1.54, 1.807) is 0 Å². The molecule has 5 rings (SSSR count). The lowest BCUT2D eigenvalue weighted by Crippen LogP contribution is -2.54. The van der Waals surface area contributed by atoms with Gasteiger partial charge in [0.05, 0.1) is 11.5 Å². The number of nitriles is 1. The first-order valence-corrected chi connectivity index (χ1v) is 8.78. The van der Waals surface area contributed by atoms with Gasteiger partial charge in [-0.3, -0.25) is 0 Å². The quantitative estimate of drug-likeness (QED) is 0.831. The molecule has 4 saturated carbocycles. The molecule has 0 aromatic carbocycles. The van der Waals surface area contributed by atoms with Crippen molar-refractivity contribution in [2.45, 2.75) is 58.3 Å². The summed E-state index contributed by atoms with van der Waals surface area (Å²) in [6, 6.07) is 2.80. The molecule has 4 aliphatic carbocycles. The molecule has 1 aliphatic heterocycles. The highest BCUT2D eigenvalue weighted by Crippen LogP contribution is 2.65. The average Bonchev–Trinajstić information content (AvgIpc) is 2.46. The first-order chi connectivity index (χ1) is 9.66. The molecule has 5 fully saturated rings. The van der Waals surface area contributed by atoms with Gasteiger partial charge in [-0.25, -0.2) is 0 Å². The molecule has 2 heteroatoms. The number of rotatable bonds is 2. The maximum atomic E-state index is 9.94. The Bertz CT molecular complexity index is 392. The maximum absolute atomic E-state index is 9.94. The number of nitrogens with zero attached hydrogens (tertiary/aromatic N) is 1. The van der Waals surface area contributed by atoms with Gasteiger partial charge in [0.1, 0.15) is 0 Å². The Morgan fingerprint density at radius 2 is 1.50 bits per heavy atom. The van der Waals surface area contributed by atoms with E-state index in [1.807, 2.05) is 0 Å². The molecule has 2 nitrogen and oxygen atoms in total. The van der Waals surface area contributed by atoms with Gasteiger partial charge < -0.3 is 5.32 Å². The van der Waals surface area contributed by atoms with Crippen molar-refractivity contribution < 1.29 is 0 Å². The summed E-state index contributed by atoms with van der Waals surface area (Å²) in [5.74, 6) is 3.61. The van der Waals surface area contributed by atoms with Crippen molar-refractivity contribution in [3.8, 4) is 6.07 Å². The van der Waals surface area contributed by atoms with Crippen LogP contribution >= 0.6 is 0 Å². The first kappa shape index (κ1) is 13.1. The summed E-state index contributed by atoms with van der Waals surface area (Å²) in [4.78, 5) is 0. The monoisotopic (exact) mass is 272 g/mol. The molecular formula is C18H28N2.